The molecule has 2 nitrogen and oxygen atoms in total. The van der Waals surface area contributed by atoms with Crippen LogP contribution in [0, 0.1) is 6.92 Å². The molecule has 3 aromatic rings. The van der Waals surface area contributed by atoms with Crippen molar-refractivity contribution in [3.63, 3.8) is 0 Å². The quantitative estimate of drug-likeness (QED) is 0.322. The highest BCUT2D eigenvalue weighted by Gasteiger charge is 2.11. The van der Waals surface area contributed by atoms with Gasteiger partial charge in [0.05, 0.1) is 11.0 Å². The van der Waals surface area contributed by atoms with Crippen molar-refractivity contribution in [3.8, 4) is 11.4 Å². The number of unbranched alkanes of at least 4 members (excludes halogenated alkanes) is 8. The lowest BCUT2D eigenvalue weighted by Crippen LogP contribution is -2.01. The lowest BCUT2D eigenvalue weighted by molar-refractivity contribution is 0.544. The second-order valence-electron chi connectivity index (χ2n) is 7.77. The van der Waals surface area contributed by atoms with Crippen LogP contribution >= 0.6 is 0 Å². The second-order valence-corrected chi connectivity index (χ2v) is 7.77. The van der Waals surface area contributed by atoms with E-state index >= 15 is 0 Å². The maximum Gasteiger partial charge on any atom is 0.141 e. The summed E-state index contributed by atoms with van der Waals surface area (Å²) in [5.74, 6) is 1.11. The third-order valence-electron chi connectivity index (χ3n) is 5.45. The Hall–Kier alpha value is -2.09. The van der Waals surface area contributed by atoms with Gasteiger partial charge in [0.1, 0.15) is 5.82 Å². The van der Waals surface area contributed by atoms with Crippen molar-refractivity contribution >= 4 is 11.0 Å². The third kappa shape index (κ3) is 5.45. The molecule has 0 spiro atoms. The topological polar surface area (TPSA) is 17.8 Å². The van der Waals surface area contributed by atoms with Gasteiger partial charge >= 0.3 is 0 Å². The number of nitrogens with zero attached hydrogens (tertiary/aromatic N) is 2. The average molecular weight is 363 g/mol. The van der Waals surface area contributed by atoms with E-state index in [1.807, 2.05) is 0 Å². The molecule has 0 unspecified atom stereocenters. The van der Waals surface area contributed by atoms with E-state index in [9.17, 15) is 0 Å². The van der Waals surface area contributed by atoms with Gasteiger partial charge in [-0.3, -0.25) is 0 Å². The Bertz CT molecular complexity index is 814. The lowest BCUT2D eigenvalue weighted by Gasteiger charge is -2.10. The maximum atomic E-state index is 4.93. The van der Waals surface area contributed by atoms with Gasteiger partial charge in [-0.1, -0.05) is 100 Å². The van der Waals surface area contributed by atoms with Crippen LogP contribution in [0.1, 0.15) is 70.3 Å². The van der Waals surface area contributed by atoms with Crippen LogP contribution in [0.4, 0.5) is 0 Å². The second kappa shape index (κ2) is 10.3. The molecule has 0 radical (unpaired) electrons. The smallest absolute Gasteiger partial charge is 0.141 e. The van der Waals surface area contributed by atoms with Crippen molar-refractivity contribution in [1.82, 2.24) is 9.55 Å². The number of aromatic nitrogens is 2. The Morgan fingerprint density at radius 1 is 0.741 bits per heavy atom. The molecule has 144 valence electrons. The van der Waals surface area contributed by atoms with Gasteiger partial charge in [0, 0.05) is 12.1 Å². The van der Waals surface area contributed by atoms with Crippen LogP contribution in [-0.2, 0) is 6.54 Å². The van der Waals surface area contributed by atoms with E-state index in [2.05, 4.69) is 66.9 Å². The minimum Gasteiger partial charge on any atom is -0.324 e. The molecule has 1 heterocycles. The van der Waals surface area contributed by atoms with Gasteiger partial charge in [0.15, 0.2) is 0 Å². The number of fused-ring (bicyclic) bond motifs is 1. The molecule has 3 rings (SSSR count). The lowest BCUT2D eigenvalue weighted by atomic mass is 10.1. The van der Waals surface area contributed by atoms with Crippen molar-refractivity contribution < 1.29 is 0 Å². The molecule has 0 bridgehead atoms. The summed E-state index contributed by atoms with van der Waals surface area (Å²) < 4.78 is 2.42. The number of rotatable bonds is 11. The molecular formula is C25H34N2. The summed E-state index contributed by atoms with van der Waals surface area (Å²) in [5, 5.41) is 0. The molecule has 0 atom stereocenters. The molecule has 2 heteroatoms. The molecule has 2 aromatic carbocycles. The zero-order chi connectivity index (χ0) is 18.9. The minimum absolute atomic E-state index is 1.06. The third-order valence-corrected chi connectivity index (χ3v) is 5.45. The van der Waals surface area contributed by atoms with Crippen molar-refractivity contribution in [2.24, 2.45) is 0 Å². The molecule has 0 saturated carbocycles. The largest absolute Gasteiger partial charge is 0.324 e. The van der Waals surface area contributed by atoms with Gasteiger partial charge in [-0.05, 0) is 25.5 Å². The highest BCUT2D eigenvalue weighted by Crippen LogP contribution is 2.26. The zero-order valence-electron chi connectivity index (χ0n) is 17.1. The Kier molecular flexibility index (Phi) is 7.50. The molecular weight excluding hydrogens is 328 g/mol. The van der Waals surface area contributed by atoms with E-state index in [1.54, 1.807) is 0 Å². The van der Waals surface area contributed by atoms with E-state index in [1.165, 1.54) is 74.4 Å². The van der Waals surface area contributed by atoms with E-state index in [-0.39, 0.29) is 0 Å². The van der Waals surface area contributed by atoms with E-state index in [0.717, 1.165) is 17.9 Å². The van der Waals surface area contributed by atoms with Crippen molar-refractivity contribution in [2.45, 2.75) is 78.2 Å². The molecule has 0 aliphatic carbocycles. The van der Waals surface area contributed by atoms with Crippen LogP contribution in [-0.4, -0.2) is 9.55 Å². The van der Waals surface area contributed by atoms with Crippen LogP contribution in [0.25, 0.3) is 22.4 Å². The molecule has 1 aromatic heterocycles. The Balaban J connectivity index is 1.60. The maximum absolute atomic E-state index is 4.93. The Labute approximate surface area is 164 Å². The molecule has 0 aliphatic heterocycles. The minimum atomic E-state index is 1.06. The summed E-state index contributed by atoms with van der Waals surface area (Å²) in [6.45, 7) is 5.47. The monoisotopic (exact) mass is 362 g/mol. The van der Waals surface area contributed by atoms with Crippen LogP contribution in [0.5, 0.6) is 0 Å². The van der Waals surface area contributed by atoms with Gasteiger partial charge < -0.3 is 4.57 Å². The first-order valence-electron chi connectivity index (χ1n) is 10.8. The van der Waals surface area contributed by atoms with Crippen molar-refractivity contribution in [1.29, 1.82) is 0 Å². The molecule has 0 N–H and O–H groups in total. The average Bonchev–Trinajstić information content (AvgIpc) is 3.06. The number of hydrogen-bond donors (Lipinski definition) is 0. The SMILES string of the molecule is CCCCCCCCCCCn1c(-c2ccc(C)cc2)nc2ccccc21. The molecule has 0 aliphatic rings. The van der Waals surface area contributed by atoms with Gasteiger partial charge in [-0.2, -0.15) is 0 Å². The summed E-state index contributed by atoms with van der Waals surface area (Å²) in [6, 6.07) is 17.3. The fourth-order valence-electron chi connectivity index (χ4n) is 3.81. The Morgan fingerprint density at radius 2 is 1.37 bits per heavy atom. The standard InChI is InChI=1S/C25H34N2/c1-3-4-5-6-7-8-9-10-13-20-27-24-15-12-11-14-23(24)26-25(27)22-18-16-21(2)17-19-22/h11-12,14-19H,3-10,13,20H2,1-2H3. The molecule has 0 fully saturated rings. The Morgan fingerprint density at radius 3 is 2.07 bits per heavy atom. The highest BCUT2D eigenvalue weighted by atomic mass is 15.1. The van der Waals surface area contributed by atoms with E-state index in [0.29, 0.717) is 0 Å². The molecule has 0 saturated heterocycles. The number of aryl methyl sites for hydroxylation is 2. The predicted molar refractivity (Wildman–Crippen MR) is 117 cm³/mol. The first-order valence-corrected chi connectivity index (χ1v) is 10.8. The summed E-state index contributed by atoms with van der Waals surface area (Å²) in [6.07, 6.45) is 12.3. The number of benzene rings is 2. The van der Waals surface area contributed by atoms with Crippen molar-refractivity contribution in [3.05, 3.63) is 54.1 Å². The van der Waals surface area contributed by atoms with Gasteiger partial charge in [0.2, 0.25) is 0 Å². The summed E-state index contributed by atoms with van der Waals surface area (Å²) >= 11 is 0. The summed E-state index contributed by atoms with van der Waals surface area (Å²) in [7, 11) is 0. The first kappa shape index (κ1) is 19.7. The number of hydrogen-bond acceptors (Lipinski definition) is 1. The summed E-state index contributed by atoms with van der Waals surface area (Å²) in [5.41, 5.74) is 4.87. The predicted octanol–water partition coefficient (Wildman–Crippen LogP) is 7.54. The van der Waals surface area contributed by atoms with Crippen LogP contribution in [0.15, 0.2) is 48.5 Å². The molecule has 27 heavy (non-hydrogen) atoms. The number of para-hydroxylation sites is 2. The summed E-state index contributed by atoms with van der Waals surface area (Å²) in [4.78, 5) is 4.93. The van der Waals surface area contributed by atoms with Crippen LogP contribution < -0.4 is 0 Å². The first-order chi connectivity index (χ1) is 13.3. The fourth-order valence-corrected chi connectivity index (χ4v) is 3.81. The number of imidazole rings is 1. The highest BCUT2D eigenvalue weighted by molar-refractivity contribution is 5.80. The molecule has 0 amide bonds. The fraction of sp³-hybridized carbons (Fsp3) is 0.480. The van der Waals surface area contributed by atoms with Crippen LogP contribution in [0.3, 0.4) is 0 Å². The van der Waals surface area contributed by atoms with Crippen LogP contribution in [0.2, 0.25) is 0 Å². The van der Waals surface area contributed by atoms with E-state index < -0.39 is 0 Å². The van der Waals surface area contributed by atoms with Gasteiger partial charge in [-0.15, -0.1) is 0 Å². The normalized spacial score (nSPS) is 11.3. The van der Waals surface area contributed by atoms with Crippen molar-refractivity contribution in [2.75, 3.05) is 0 Å². The van der Waals surface area contributed by atoms with Gasteiger partial charge in [-0.25, -0.2) is 4.98 Å². The van der Waals surface area contributed by atoms with Gasteiger partial charge in [0.25, 0.3) is 0 Å². The zero-order valence-corrected chi connectivity index (χ0v) is 17.1. The van der Waals surface area contributed by atoms with E-state index in [4.69, 9.17) is 4.98 Å².